The fraction of sp³-hybridized carbons (Fsp3) is 0.417. The average molecular weight is 743 g/mol. The number of nitrogens with two attached hydrogens (primary N) is 1. The van der Waals surface area contributed by atoms with Crippen LogP contribution in [0.2, 0.25) is 5.02 Å². The maximum absolute atomic E-state index is 16.6. The number of benzene rings is 2. The van der Waals surface area contributed by atoms with Gasteiger partial charge in [0.05, 0.1) is 11.3 Å². The van der Waals surface area contributed by atoms with Gasteiger partial charge in [-0.2, -0.15) is 12.8 Å². The molecular formula is C36H44ClFN6O6S. The van der Waals surface area contributed by atoms with Crippen molar-refractivity contribution in [3.63, 3.8) is 0 Å². The maximum atomic E-state index is 16.6. The summed E-state index contributed by atoms with van der Waals surface area (Å²) < 4.78 is 52.7. The van der Waals surface area contributed by atoms with Crippen LogP contribution in [0.25, 0.3) is 16.8 Å². The van der Waals surface area contributed by atoms with Gasteiger partial charge in [0.2, 0.25) is 5.95 Å². The lowest BCUT2D eigenvalue weighted by atomic mass is 9.59. The van der Waals surface area contributed by atoms with Crippen LogP contribution in [0.5, 0.6) is 0 Å². The third-order valence-electron chi connectivity index (χ3n) is 9.45. The molecule has 6 N–H and O–H groups in total. The third kappa shape index (κ3) is 8.01. The van der Waals surface area contributed by atoms with Crippen molar-refractivity contribution in [3.8, 4) is 11.1 Å². The Hall–Kier alpha value is -4.56. The van der Waals surface area contributed by atoms with E-state index in [0.717, 1.165) is 12.8 Å². The SMILES string of the molecule is CC1CC(C(C)(C)C)C(OC(=O)c2c(-c3ccc(Cl)cc3)c(F)n3c(=O)c(NC(=O)NS(=O)(=O)Nc4ccccc4)c(N)[nH]c23)C(C(C)(C)C)C1. The largest absolute Gasteiger partial charge is 0.458 e. The molecule has 1 aliphatic carbocycles. The number of halogens is 2. The van der Waals surface area contributed by atoms with E-state index < -0.39 is 51.3 Å². The standard InChI is InChI=1S/C36H44ClFN6O6S/c1-19-17-23(35(2,3)4)28(24(18-19)36(5,6)7)50-33(46)26-25(20-13-15-21(37)16-14-20)29(38)44-31(26)41-30(39)27(32(44)45)40-34(47)43-51(48,49)42-22-11-9-8-10-12-22/h8-16,19,23-24,28,41-42H,17-18,39H2,1-7H3,(H2,40,43,47). The number of para-hydroxylation sites is 1. The zero-order chi connectivity index (χ0) is 37.6. The highest BCUT2D eigenvalue weighted by Gasteiger charge is 2.48. The van der Waals surface area contributed by atoms with Crippen LogP contribution in [-0.2, 0) is 14.9 Å². The van der Waals surface area contributed by atoms with E-state index in [9.17, 15) is 22.8 Å². The topological polar surface area (TPSA) is 177 Å². The van der Waals surface area contributed by atoms with E-state index >= 15 is 4.39 Å². The summed E-state index contributed by atoms with van der Waals surface area (Å²) in [6.07, 6.45) is 1.10. The summed E-state index contributed by atoms with van der Waals surface area (Å²) in [6.45, 7) is 14.8. The van der Waals surface area contributed by atoms with Gasteiger partial charge in [0.25, 0.3) is 5.56 Å². The molecule has 12 nitrogen and oxygen atoms in total. The molecule has 5 rings (SSSR count). The Kier molecular flexibility index (Phi) is 10.2. The number of amides is 2. The van der Waals surface area contributed by atoms with E-state index in [0.29, 0.717) is 15.3 Å². The number of esters is 1. The van der Waals surface area contributed by atoms with Crippen molar-refractivity contribution in [2.24, 2.45) is 28.6 Å². The van der Waals surface area contributed by atoms with Crippen LogP contribution in [0.3, 0.4) is 0 Å². The zero-order valence-electron chi connectivity index (χ0n) is 29.6. The first-order chi connectivity index (χ1) is 23.7. The summed E-state index contributed by atoms with van der Waals surface area (Å²) in [6, 6.07) is 12.4. The van der Waals surface area contributed by atoms with Gasteiger partial charge in [-0.25, -0.2) is 18.7 Å². The molecule has 2 amide bonds. The second-order valence-electron chi connectivity index (χ2n) is 15.4. The van der Waals surface area contributed by atoms with Crippen molar-refractivity contribution in [2.45, 2.75) is 67.4 Å². The Bertz CT molecular complexity index is 2100. The van der Waals surface area contributed by atoms with E-state index in [1.807, 2.05) is 0 Å². The second-order valence-corrected chi connectivity index (χ2v) is 17.2. The van der Waals surface area contributed by atoms with Crippen molar-refractivity contribution in [1.82, 2.24) is 14.1 Å². The molecule has 4 aromatic rings. The van der Waals surface area contributed by atoms with E-state index in [-0.39, 0.29) is 50.7 Å². The smallest absolute Gasteiger partial charge is 0.342 e. The van der Waals surface area contributed by atoms with Crippen LogP contribution in [0, 0.1) is 34.5 Å². The van der Waals surface area contributed by atoms with E-state index in [4.69, 9.17) is 22.1 Å². The van der Waals surface area contributed by atoms with Gasteiger partial charge in [-0.3, -0.25) is 14.8 Å². The molecule has 0 bridgehead atoms. The number of aromatic nitrogens is 2. The minimum atomic E-state index is -4.45. The highest BCUT2D eigenvalue weighted by atomic mass is 35.5. The van der Waals surface area contributed by atoms with Crippen LogP contribution < -0.4 is 26.1 Å². The normalized spacial score (nSPS) is 19.8. The van der Waals surface area contributed by atoms with Gasteiger partial charge in [-0.15, -0.1) is 0 Å². The minimum absolute atomic E-state index is 0.0294. The number of rotatable bonds is 7. The summed E-state index contributed by atoms with van der Waals surface area (Å²) >= 11 is 6.13. The lowest BCUT2D eigenvalue weighted by molar-refractivity contribution is -0.0922. The van der Waals surface area contributed by atoms with Gasteiger partial charge >= 0.3 is 22.2 Å². The summed E-state index contributed by atoms with van der Waals surface area (Å²) in [5, 5.41) is 2.46. The molecule has 1 saturated carbocycles. The number of anilines is 3. The average Bonchev–Trinajstić information content (AvgIpc) is 3.30. The lowest BCUT2D eigenvalue weighted by Gasteiger charge is -2.50. The highest BCUT2D eigenvalue weighted by Crippen LogP contribution is 2.50. The molecule has 2 aromatic heterocycles. The van der Waals surface area contributed by atoms with Crippen LogP contribution in [0.4, 0.5) is 26.4 Å². The van der Waals surface area contributed by atoms with Crippen LogP contribution in [0.15, 0.2) is 59.4 Å². The first kappa shape index (κ1) is 37.7. The van der Waals surface area contributed by atoms with Gasteiger partial charge in [-0.1, -0.05) is 90.4 Å². The highest BCUT2D eigenvalue weighted by molar-refractivity contribution is 7.91. The van der Waals surface area contributed by atoms with Gasteiger partial charge in [-0.05, 0) is 59.4 Å². The van der Waals surface area contributed by atoms with E-state index in [1.54, 1.807) is 22.9 Å². The number of urea groups is 1. The van der Waals surface area contributed by atoms with Crippen molar-refractivity contribution in [2.75, 3.05) is 15.8 Å². The molecule has 2 atom stereocenters. The van der Waals surface area contributed by atoms with Crippen molar-refractivity contribution in [3.05, 3.63) is 81.5 Å². The lowest BCUT2D eigenvalue weighted by Crippen LogP contribution is -2.49. The maximum Gasteiger partial charge on any atom is 0.342 e. The minimum Gasteiger partial charge on any atom is -0.458 e. The Morgan fingerprint density at radius 2 is 1.55 bits per heavy atom. The Morgan fingerprint density at radius 1 is 0.980 bits per heavy atom. The number of hydrogen-bond donors (Lipinski definition) is 5. The van der Waals surface area contributed by atoms with Crippen molar-refractivity contribution >= 4 is 56.7 Å². The fourth-order valence-corrected chi connectivity index (χ4v) is 7.89. The van der Waals surface area contributed by atoms with E-state index in [2.05, 4.69) is 63.5 Å². The number of carbonyl (C=O) groups excluding carboxylic acids is 2. The molecule has 0 aliphatic heterocycles. The van der Waals surface area contributed by atoms with Crippen LogP contribution >= 0.6 is 11.6 Å². The predicted octanol–water partition coefficient (Wildman–Crippen LogP) is 7.43. The molecule has 1 aliphatic rings. The number of carbonyl (C=O) groups is 2. The van der Waals surface area contributed by atoms with Gasteiger partial charge in [0.1, 0.15) is 28.8 Å². The number of nitrogens with zero attached hydrogens (tertiary/aromatic N) is 1. The van der Waals surface area contributed by atoms with E-state index in [1.165, 1.54) is 36.4 Å². The first-order valence-electron chi connectivity index (χ1n) is 16.6. The monoisotopic (exact) mass is 742 g/mol. The summed E-state index contributed by atoms with van der Waals surface area (Å²) in [5.41, 5.74) is 3.47. The number of nitrogen functional groups attached to an aromatic ring is 1. The number of nitrogens with one attached hydrogen (secondary N) is 4. The predicted molar refractivity (Wildman–Crippen MR) is 197 cm³/mol. The van der Waals surface area contributed by atoms with Gasteiger partial charge < -0.3 is 15.5 Å². The molecular weight excluding hydrogens is 699 g/mol. The number of ether oxygens (including phenoxy) is 1. The molecule has 0 saturated heterocycles. The Balaban J connectivity index is 1.60. The third-order valence-corrected chi connectivity index (χ3v) is 10.7. The molecule has 0 spiro atoms. The molecule has 15 heteroatoms. The molecule has 51 heavy (non-hydrogen) atoms. The summed E-state index contributed by atoms with van der Waals surface area (Å²) in [4.78, 5) is 43.8. The summed E-state index contributed by atoms with van der Waals surface area (Å²) in [5.74, 6) is -2.14. The molecule has 0 radical (unpaired) electrons. The number of fused-ring (bicyclic) bond motifs is 1. The molecule has 2 aromatic carbocycles. The second kappa shape index (κ2) is 13.9. The fourth-order valence-electron chi connectivity index (χ4n) is 6.97. The molecule has 2 heterocycles. The zero-order valence-corrected chi connectivity index (χ0v) is 31.1. The first-order valence-corrected chi connectivity index (χ1v) is 18.4. The number of hydrogen-bond acceptors (Lipinski definition) is 7. The molecule has 2 unspecified atom stereocenters. The Morgan fingerprint density at radius 3 is 2.10 bits per heavy atom. The number of H-pyrrole nitrogens is 1. The van der Waals surface area contributed by atoms with Crippen LogP contribution in [-0.4, -0.2) is 35.9 Å². The van der Waals surface area contributed by atoms with Gasteiger partial charge in [0.15, 0.2) is 0 Å². The van der Waals surface area contributed by atoms with Crippen molar-refractivity contribution in [1.29, 1.82) is 0 Å². The van der Waals surface area contributed by atoms with Crippen LogP contribution in [0.1, 0.15) is 71.7 Å². The van der Waals surface area contributed by atoms with Crippen molar-refractivity contribution < 1.29 is 27.1 Å². The quantitative estimate of drug-likeness (QED) is 0.122. The van der Waals surface area contributed by atoms with Gasteiger partial charge in [0, 0.05) is 16.9 Å². The molecule has 274 valence electrons. The number of aromatic amines is 1. The molecule has 1 fully saturated rings. The summed E-state index contributed by atoms with van der Waals surface area (Å²) in [7, 11) is -4.45. The Labute approximate surface area is 301 Å².